The van der Waals surface area contributed by atoms with Crippen molar-refractivity contribution in [3.05, 3.63) is 59.7 Å². The van der Waals surface area contributed by atoms with E-state index in [1.807, 2.05) is 12.1 Å². The summed E-state index contributed by atoms with van der Waals surface area (Å²) in [6.07, 6.45) is 0. The predicted octanol–water partition coefficient (Wildman–Crippen LogP) is 2.38. The van der Waals surface area contributed by atoms with E-state index in [0.29, 0.717) is 12.3 Å². The second-order valence-electron chi connectivity index (χ2n) is 5.83. The number of anilines is 1. The van der Waals surface area contributed by atoms with Gasteiger partial charge in [0.25, 0.3) is 0 Å². The molecule has 0 spiro atoms. The van der Waals surface area contributed by atoms with Crippen molar-refractivity contribution in [1.82, 2.24) is 10.6 Å². The number of carbonyl (C=O) groups is 2. The molecule has 0 aromatic heterocycles. The summed E-state index contributed by atoms with van der Waals surface area (Å²) in [4.78, 5) is 24.2. The number of rotatable bonds is 4. The third-order valence-electron chi connectivity index (χ3n) is 4.19. The first-order valence-corrected chi connectivity index (χ1v) is 7.92. The Labute approximate surface area is 148 Å². The maximum absolute atomic E-state index is 13.2. The number of amides is 3. The van der Waals surface area contributed by atoms with Crippen LogP contribution in [0.25, 0.3) is 0 Å². The highest BCUT2D eigenvalue weighted by Gasteiger charge is 2.36. The molecule has 0 aliphatic carbocycles. The number of urea groups is 1. The summed E-state index contributed by atoms with van der Waals surface area (Å²) in [5, 5.41) is 7.68. The monoisotopic (exact) mass is 361 g/mol. The third-order valence-corrected chi connectivity index (χ3v) is 4.19. The lowest BCUT2D eigenvalue weighted by Crippen LogP contribution is -2.44. The summed E-state index contributed by atoms with van der Waals surface area (Å²) in [6.45, 7) is 0.376. The van der Waals surface area contributed by atoms with Gasteiger partial charge in [-0.25, -0.2) is 13.6 Å². The molecule has 3 rings (SSSR count). The first-order chi connectivity index (χ1) is 12.5. The van der Waals surface area contributed by atoms with Gasteiger partial charge in [0.2, 0.25) is 5.91 Å². The van der Waals surface area contributed by atoms with E-state index >= 15 is 0 Å². The van der Waals surface area contributed by atoms with E-state index in [4.69, 9.17) is 4.74 Å². The second-order valence-corrected chi connectivity index (χ2v) is 5.83. The van der Waals surface area contributed by atoms with E-state index < -0.39 is 23.7 Å². The molecular formula is C18H17F2N3O3. The molecule has 1 heterocycles. The minimum absolute atomic E-state index is 0.0841. The van der Waals surface area contributed by atoms with E-state index in [1.165, 1.54) is 6.07 Å². The normalized spacial score (nSPS) is 19.0. The van der Waals surface area contributed by atoms with Gasteiger partial charge in [-0.3, -0.25) is 4.79 Å². The number of benzene rings is 2. The van der Waals surface area contributed by atoms with Crippen molar-refractivity contribution in [2.45, 2.75) is 12.0 Å². The molecule has 136 valence electrons. The fourth-order valence-corrected chi connectivity index (χ4v) is 2.83. The highest BCUT2D eigenvalue weighted by Crippen LogP contribution is 2.25. The molecule has 1 fully saturated rings. The summed E-state index contributed by atoms with van der Waals surface area (Å²) in [5.74, 6) is -1.97. The molecule has 2 unspecified atom stereocenters. The third kappa shape index (κ3) is 3.74. The van der Waals surface area contributed by atoms with E-state index in [1.54, 1.807) is 19.2 Å². The Morgan fingerprint density at radius 2 is 1.88 bits per heavy atom. The molecule has 1 aliphatic rings. The number of nitrogens with one attached hydrogen (secondary N) is 3. The van der Waals surface area contributed by atoms with Crippen LogP contribution in [-0.2, 0) is 4.79 Å². The number of halogens is 2. The molecule has 0 bridgehead atoms. The van der Waals surface area contributed by atoms with Crippen LogP contribution in [0.5, 0.6) is 5.75 Å². The summed E-state index contributed by atoms with van der Waals surface area (Å²) >= 11 is 0. The molecule has 6 nitrogen and oxygen atoms in total. The lowest BCUT2D eigenvalue weighted by atomic mass is 9.94. The van der Waals surface area contributed by atoms with Crippen LogP contribution in [0.3, 0.4) is 0 Å². The van der Waals surface area contributed by atoms with E-state index in [0.717, 1.165) is 17.7 Å². The van der Waals surface area contributed by atoms with Gasteiger partial charge in [0.15, 0.2) is 11.6 Å². The van der Waals surface area contributed by atoms with Gasteiger partial charge in [-0.15, -0.1) is 0 Å². The van der Waals surface area contributed by atoms with Gasteiger partial charge in [-0.2, -0.15) is 0 Å². The van der Waals surface area contributed by atoms with Crippen LogP contribution in [0.1, 0.15) is 11.5 Å². The zero-order valence-electron chi connectivity index (χ0n) is 13.9. The molecule has 8 heteroatoms. The Balaban J connectivity index is 1.70. The zero-order valence-corrected chi connectivity index (χ0v) is 13.9. The first-order valence-electron chi connectivity index (χ1n) is 7.92. The topological polar surface area (TPSA) is 79.5 Å². The molecule has 3 N–H and O–H groups in total. The summed E-state index contributed by atoms with van der Waals surface area (Å²) in [6, 6.07) is 8.74. The van der Waals surface area contributed by atoms with Gasteiger partial charge in [0.1, 0.15) is 11.8 Å². The SMILES string of the molecule is COc1ccc(C2CNC(=O)C2NC(=O)Nc2ccc(F)c(F)c2)cc1. The molecule has 0 radical (unpaired) electrons. The van der Waals surface area contributed by atoms with Crippen LogP contribution in [0, 0.1) is 11.6 Å². The van der Waals surface area contributed by atoms with Crippen LogP contribution in [0.4, 0.5) is 19.3 Å². The number of hydrogen-bond donors (Lipinski definition) is 3. The van der Waals surface area contributed by atoms with Crippen molar-refractivity contribution in [2.75, 3.05) is 19.0 Å². The second kappa shape index (κ2) is 7.38. The van der Waals surface area contributed by atoms with Gasteiger partial charge >= 0.3 is 6.03 Å². The van der Waals surface area contributed by atoms with Crippen molar-refractivity contribution >= 4 is 17.6 Å². The molecule has 1 aliphatic heterocycles. The first kappa shape index (κ1) is 17.7. The molecule has 2 aromatic rings. The highest BCUT2D eigenvalue weighted by molar-refractivity contribution is 5.95. The fraction of sp³-hybridized carbons (Fsp3) is 0.222. The number of methoxy groups -OCH3 is 1. The van der Waals surface area contributed by atoms with Crippen molar-refractivity contribution in [3.63, 3.8) is 0 Å². The Hall–Kier alpha value is -3.16. The van der Waals surface area contributed by atoms with Gasteiger partial charge in [-0.05, 0) is 29.8 Å². The standard InChI is InChI=1S/C18H17F2N3O3/c1-26-12-5-2-10(3-6-12)13-9-21-17(24)16(13)23-18(25)22-11-4-7-14(19)15(20)8-11/h2-8,13,16H,9H2,1H3,(H,21,24)(H2,22,23,25). The molecule has 0 saturated carbocycles. The Morgan fingerprint density at radius 1 is 1.15 bits per heavy atom. The fourth-order valence-electron chi connectivity index (χ4n) is 2.83. The molecule has 2 aromatic carbocycles. The minimum Gasteiger partial charge on any atom is -0.497 e. The number of carbonyl (C=O) groups excluding carboxylic acids is 2. The van der Waals surface area contributed by atoms with Crippen molar-refractivity contribution in [1.29, 1.82) is 0 Å². The maximum atomic E-state index is 13.2. The zero-order chi connectivity index (χ0) is 18.7. The Kier molecular flexibility index (Phi) is 5.01. The van der Waals surface area contributed by atoms with Crippen LogP contribution in [0.15, 0.2) is 42.5 Å². The maximum Gasteiger partial charge on any atom is 0.319 e. The summed E-state index contributed by atoms with van der Waals surface area (Å²) < 4.78 is 31.3. The average molecular weight is 361 g/mol. The van der Waals surface area contributed by atoms with Gasteiger partial charge in [0, 0.05) is 24.2 Å². The van der Waals surface area contributed by atoms with Gasteiger partial charge in [0.05, 0.1) is 7.11 Å². The molecule has 26 heavy (non-hydrogen) atoms. The molecule has 3 amide bonds. The smallest absolute Gasteiger partial charge is 0.319 e. The molecule has 2 atom stereocenters. The lowest BCUT2D eigenvalue weighted by molar-refractivity contribution is -0.120. The van der Waals surface area contributed by atoms with Crippen LogP contribution >= 0.6 is 0 Å². The van der Waals surface area contributed by atoms with Crippen molar-refractivity contribution in [2.24, 2.45) is 0 Å². The lowest BCUT2D eigenvalue weighted by Gasteiger charge is -2.19. The van der Waals surface area contributed by atoms with Crippen LogP contribution < -0.4 is 20.7 Å². The van der Waals surface area contributed by atoms with Gasteiger partial charge in [-0.1, -0.05) is 12.1 Å². The van der Waals surface area contributed by atoms with Crippen LogP contribution in [-0.4, -0.2) is 31.6 Å². The largest absolute Gasteiger partial charge is 0.497 e. The van der Waals surface area contributed by atoms with E-state index in [2.05, 4.69) is 16.0 Å². The Bertz CT molecular complexity index is 827. The number of hydrogen-bond acceptors (Lipinski definition) is 3. The molecule has 1 saturated heterocycles. The average Bonchev–Trinajstić information content (AvgIpc) is 2.99. The highest BCUT2D eigenvalue weighted by atomic mass is 19.2. The van der Waals surface area contributed by atoms with E-state index in [-0.39, 0.29) is 17.5 Å². The van der Waals surface area contributed by atoms with Crippen molar-refractivity contribution in [3.8, 4) is 5.75 Å². The minimum atomic E-state index is -1.07. The summed E-state index contributed by atoms with van der Waals surface area (Å²) in [7, 11) is 1.56. The number of ether oxygens (including phenoxy) is 1. The summed E-state index contributed by atoms with van der Waals surface area (Å²) in [5.41, 5.74) is 0.947. The van der Waals surface area contributed by atoms with Crippen molar-refractivity contribution < 1.29 is 23.1 Å². The Morgan fingerprint density at radius 3 is 2.54 bits per heavy atom. The van der Waals surface area contributed by atoms with E-state index in [9.17, 15) is 18.4 Å². The molecular weight excluding hydrogens is 344 g/mol. The predicted molar refractivity (Wildman–Crippen MR) is 91.0 cm³/mol. The quantitative estimate of drug-likeness (QED) is 0.782. The van der Waals surface area contributed by atoms with Gasteiger partial charge < -0.3 is 20.7 Å². The van der Waals surface area contributed by atoms with Crippen LogP contribution in [0.2, 0.25) is 0 Å².